The van der Waals surface area contributed by atoms with Crippen LogP contribution in [-0.2, 0) is 69.4 Å². The van der Waals surface area contributed by atoms with E-state index in [0.29, 0.717) is 55.5 Å². The van der Waals surface area contributed by atoms with Gasteiger partial charge in [-0.15, -0.1) is 0 Å². The topological polar surface area (TPSA) is 359 Å². The molecule has 2 fully saturated rings. The standard InChI is InChI=1S/C90H137F3N12O15/c1-17-48-89(49-18-2,65-38-29-23-21-20-22-24-30-39-65)67-54-73(107)105(85(67)114)52-32-26-31-42-71(90(91,92)93)100-75(57(4)5)83(112)99-68(40-33-51-96-87(94)116)82(111)95-50-34-43-72(106)98-66-46-44-63(45-47-66)56-120-88(117)103(14)77(59(8)9)84(113)101-76(58(6)7)86(115)102(13)78(60(10)19-3)70(118-15)55-74(108)104-53-35-41-69(104)80(119-16)61(11)81(110)97-62(12)79(109)64-36-27-25-28-37-64/h20-25,27-30,36-39,44-47,57-62,67-71,75-80,100,109H,17-19,26,31-35,40-43,48-56H2,1-16H3,(H,95,111)(H,97,110)(H,98,106)(H,99,112)(H,101,113)(H3,94,96,116). The number of likely N-dealkylation sites (tertiary alicyclic amines) is 2. The summed E-state index contributed by atoms with van der Waals surface area (Å²) in [6.45, 7) is 22.0. The van der Waals surface area contributed by atoms with Crippen LogP contribution in [-0.4, -0.2) is 211 Å². The van der Waals surface area contributed by atoms with E-state index in [2.05, 4.69) is 51.1 Å². The van der Waals surface area contributed by atoms with Crippen LogP contribution in [0.4, 0.5) is 28.4 Å². The quantitative estimate of drug-likeness (QED) is 0.0187. The van der Waals surface area contributed by atoms with Crippen LogP contribution in [0.5, 0.6) is 0 Å². The third-order valence-electron chi connectivity index (χ3n) is 23.4. The lowest BCUT2D eigenvalue weighted by molar-refractivity contribution is -0.162. The predicted molar refractivity (Wildman–Crippen MR) is 455 cm³/mol. The Hall–Kier alpha value is -9.26. The molecule has 10 N–H and O–H groups in total. The van der Waals surface area contributed by atoms with Crippen molar-refractivity contribution in [3.8, 4) is 0 Å². The minimum Gasteiger partial charge on any atom is -0.445 e. The average Bonchev–Trinajstić information content (AvgIpc) is 1.69. The van der Waals surface area contributed by atoms with Gasteiger partial charge in [-0.2, -0.15) is 13.2 Å². The summed E-state index contributed by atoms with van der Waals surface area (Å²) in [5.74, 6) is -7.25. The molecule has 5 rings (SSSR count). The van der Waals surface area contributed by atoms with Crippen molar-refractivity contribution in [2.45, 2.75) is 277 Å². The normalized spacial score (nSPS) is 17.4. The van der Waals surface area contributed by atoms with Gasteiger partial charge in [-0.25, -0.2) is 9.59 Å². The van der Waals surface area contributed by atoms with E-state index >= 15 is 0 Å². The van der Waals surface area contributed by atoms with Crippen molar-refractivity contribution in [3.63, 3.8) is 0 Å². The summed E-state index contributed by atoms with van der Waals surface area (Å²) >= 11 is 0. The van der Waals surface area contributed by atoms with Crippen LogP contribution >= 0.6 is 0 Å². The fourth-order valence-corrected chi connectivity index (χ4v) is 16.6. The number of rotatable bonds is 49. The Morgan fingerprint density at radius 3 is 1.82 bits per heavy atom. The van der Waals surface area contributed by atoms with Gasteiger partial charge in [0.2, 0.25) is 53.2 Å². The number of unbranched alkanes of at least 4 members (excludes halogenated alkanes) is 2. The van der Waals surface area contributed by atoms with Crippen molar-refractivity contribution < 1.29 is 85.2 Å². The van der Waals surface area contributed by atoms with E-state index in [4.69, 9.17) is 19.9 Å². The molecule has 2 aliphatic heterocycles. The monoisotopic (exact) mass is 1680 g/mol. The average molecular weight is 1680 g/mol. The molecule has 0 saturated carbocycles. The van der Waals surface area contributed by atoms with E-state index in [0.717, 1.165) is 18.4 Å². The number of hydrogen-bond donors (Lipinski definition) is 9. The highest BCUT2D eigenvalue weighted by Crippen LogP contribution is 2.46. The largest absolute Gasteiger partial charge is 0.445 e. The second-order valence-electron chi connectivity index (χ2n) is 33.2. The predicted octanol–water partition coefficient (Wildman–Crippen LogP) is 11.5. The number of carbonyl (C=O) groups excluding carboxylic acids is 11. The molecule has 2 aliphatic rings. The number of anilines is 1. The number of aliphatic hydroxyl groups is 1. The van der Waals surface area contributed by atoms with Gasteiger partial charge in [0.15, 0.2) is 0 Å². The van der Waals surface area contributed by atoms with Crippen molar-refractivity contribution in [1.29, 1.82) is 0 Å². The number of amides is 12. The van der Waals surface area contributed by atoms with E-state index in [1.807, 2.05) is 86.6 Å². The number of alkyl halides is 3. The molecule has 2 heterocycles. The summed E-state index contributed by atoms with van der Waals surface area (Å²) in [6, 6.07) is 23.4. The number of aliphatic hydroxyl groups excluding tert-OH is 1. The number of imide groups is 1. The lowest BCUT2D eigenvalue weighted by Crippen LogP contribution is -2.60. The van der Waals surface area contributed by atoms with Crippen molar-refractivity contribution >= 4 is 71.0 Å². The molecule has 3 aromatic carbocycles. The number of benzene rings is 2. The number of halogens is 3. The Morgan fingerprint density at radius 2 is 1.26 bits per heavy atom. The van der Waals surface area contributed by atoms with Crippen LogP contribution in [0.2, 0.25) is 0 Å². The number of nitrogens with one attached hydrogen (secondary N) is 7. The fraction of sp³-hybridized carbons (Fsp3) is 0.633. The van der Waals surface area contributed by atoms with Crippen LogP contribution in [0.25, 0.3) is 0 Å². The molecule has 0 bridgehead atoms. The molecule has 30 heteroatoms. The van der Waals surface area contributed by atoms with E-state index < -0.39 is 156 Å². The number of likely N-dealkylation sites (N-methyl/N-ethyl adjacent to an activating group) is 2. The van der Waals surface area contributed by atoms with Crippen molar-refractivity contribution in [2.24, 2.45) is 41.2 Å². The minimum atomic E-state index is -4.79. The summed E-state index contributed by atoms with van der Waals surface area (Å²) in [5.41, 5.74) is 7.19. The molecule has 120 heavy (non-hydrogen) atoms. The van der Waals surface area contributed by atoms with Crippen LogP contribution in [0.3, 0.4) is 0 Å². The van der Waals surface area contributed by atoms with Crippen LogP contribution in [0, 0.1) is 35.5 Å². The smallest absolute Gasteiger partial charge is 0.410 e. The summed E-state index contributed by atoms with van der Waals surface area (Å²) in [6.07, 6.45) is -3.03. The zero-order chi connectivity index (χ0) is 89.1. The lowest BCUT2D eigenvalue weighted by atomic mass is 9.64. The minimum absolute atomic E-state index is 0.0232. The Morgan fingerprint density at radius 1 is 0.658 bits per heavy atom. The SMILES string of the molecule is CCCC(CCC)(c1ccccccccc1)C1CC(=O)N(CCCCCC(NC(C(=O)NC(CCCNC(N)=O)C(=O)NCCCC(=O)Nc2ccc(COC(=O)N(C)C(C(=O)NC(C(=O)N(C)C(C(C)CC)C(CC(=O)N3CCCC3C(OC)C(C)C(=O)NC(C)C(O)c3ccccc3)OC)C(C)C)C(C)C)cc2)C(C)C)C(F)(F)F)C1=O. The zero-order valence-electron chi connectivity index (χ0n) is 73.4. The maximum atomic E-state index is 14.9. The maximum absolute atomic E-state index is 14.9. The summed E-state index contributed by atoms with van der Waals surface area (Å²) in [7, 11) is 6.06. The molecular formula is C90H137F3N12O15. The third kappa shape index (κ3) is 29.8. The molecule has 14 unspecified atom stereocenters. The number of nitrogens with two attached hydrogens (primary N) is 1. The molecule has 3 aromatic rings. The fourth-order valence-electron chi connectivity index (χ4n) is 16.6. The Bertz CT molecular complexity index is 3810. The van der Waals surface area contributed by atoms with Gasteiger partial charge in [-0.3, -0.25) is 58.3 Å². The second-order valence-corrected chi connectivity index (χ2v) is 33.2. The van der Waals surface area contributed by atoms with Gasteiger partial charge in [0.1, 0.15) is 30.8 Å². The number of methoxy groups -OCH3 is 2. The van der Waals surface area contributed by atoms with Gasteiger partial charge in [0.05, 0.1) is 60.7 Å². The summed E-state index contributed by atoms with van der Waals surface area (Å²) < 4.78 is 62.4. The molecule has 0 radical (unpaired) electrons. The van der Waals surface area contributed by atoms with Gasteiger partial charge in [0, 0.05) is 78.4 Å². The highest BCUT2D eigenvalue weighted by molar-refractivity contribution is 6.04. The molecule has 0 aromatic heterocycles. The van der Waals surface area contributed by atoms with Crippen molar-refractivity contribution in [2.75, 3.05) is 59.8 Å². The molecule has 2 saturated heterocycles. The number of urea groups is 1. The third-order valence-corrected chi connectivity index (χ3v) is 23.4. The van der Waals surface area contributed by atoms with Gasteiger partial charge in [0.25, 0.3) is 0 Å². The second kappa shape index (κ2) is 50.2. The highest BCUT2D eigenvalue weighted by Gasteiger charge is 2.52. The van der Waals surface area contributed by atoms with E-state index in [1.54, 1.807) is 109 Å². The number of ether oxygens (including phenoxy) is 3. The first kappa shape index (κ1) is 101. The molecule has 0 spiro atoms. The Labute approximate surface area is 708 Å². The van der Waals surface area contributed by atoms with Crippen molar-refractivity contribution in [1.82, 2.24) is 51.5 Å². The van der Waals surface area contributed by atoms with Gasteiger partial charge >= 0.3 is 18.3 Å². The molecule has 668 valence electrons. The zero-order valence-corrected chi connectivity index (χ0v) is 73.4. The molecule has 0 aliphatic carbocycles. The number of nitrogens with zero attached hydrogens (tertiary/aromatic N) is 4. The first-order valence-electron chi connectivity index (χ1n) is 42.8. The number of carbonyl (C=O) groups is 11. The Balaban J connectivity index is 1.12. The number of primary amides is 1. The van der Waals surface area contributed by atoms with E-state index in [9.17, 15) is 71.0 Å². The maximum Gasteiger partial charge on any atom is 0.410 e. The van der Waals surface area contributed by atoms with Gasteiger partial charge < -0.3 is 66.8 Å². The molecule has 14 atom stereocenters. The van der Waals surface area contributed by atoms with Crippen LogP contribution in [0.15, 0.2) is 109 Å². The lowest BCUT2D eigenvalue weighted by Gasteiger charge is -2.41. The molecular weight excluding hydrogens is 1550 g/mol. The van der Waals surface area contributed by atoms with Gasteiger partial charge in [-0.1, -0.05) is 205 Å². The molecule has 27 nitrogen and oxygen atoms in total. The first-order valence-corrected chi connectivity index (χ1v) is 42.8. The van der Waals surface area contributed by atoms with Crippen molar-refractivity contribution in [3.05, 3.63) is 126 Å². The highest BCUT2D eigenvalue weighted by atomic mass is 19.4. The summed E-state index contributed by atoms with van der Waals surface area (Å²) in [5, 5.41) is 29.9. The Kier molecular flexibility index (Phi) is 42.4. The van der Waals surface area contributed by atoms with Crippen LogP contribution in [0.1, 0.15) is 215 Å². The van der Waals surface area contributed by atoms with E-state index in [1.165, 1.54) is 31.1 Å². The van der Waals surface area contributed by atoms with E-state index in [-0.39, 0.29) is 114 Å². The summed E-state index contributed by atoms with van der Waals surface area (Å²) in [4.78, 5) is 158. The van der Waals surface area contributed by atoms with Crippen LogP contribution < -0.4 is 43.0 Å². The van der Waals surface area contributed by atoms with Gasteiger partial charge in [-0.05, 0) is 117 Å². The molecule has 12 amide bonds. The first-order chi connectivity index (χ1) is 56.9. The number of hydrogen-bond acceptors (Lipinski definition) is 16.